The van der Waals surface area contributed by atoms with Crippen LogP contribution in [0.2, 0.25) is 0 Å². The molecular formula is C16H14N4O2S. The van der Waals surface area contributed by atoms with Crippen molar-refractivity contribution in [3.8, 4) is 16.9 Å². The van der Waals surface area contributed by atoms with Gasteiger partial charge in [-0.3, -0.25) is 4.79 Å². The standard InChI is InChI=1S/C16H14N4O2S/c1-22-13-9-11(10-5-3-2-4-6-10)7-8-12(13)18-16-14(15(17)21)19-20-23-16/h2-9,18H,1H3,(H2,17,21). The van der Waals surface area contributed by atoms with E-state index in [1.54, 1.807) is 7.11 Å². The van der Waals surface area contributed by atoms with Crippen molar-refractivity contribution in [1.29, 1.82) is 0 Å². The first kappa shape index (κ1) is 15.0. The number of nitrogens with one attached hydrogen (secondary N) is 1. The van der Waals surface area contributed by atoms with Crippen molar-refractivity contribution in [2.24, 2.45) is 5.73 Å². The van der Waals surface area contributed by atoms with Crippen LogP contribution < -0.4 is 15.8 Å². The number of carbonyl (C=O) groups is 1. The summed E-state index contributed by atoms with van der Waals surface area (Å²) in [7, 11) is 1.59. The van der Waals surface area contributed by atoms with Crippen molar-refractivity contribution in [2.45, 2.75) is 0 Å². The smallest absolute Gasteiger partial charge is 0.272 e. The van der Waals surface area contributed by atoms with Crippen molar-refractivity contribution >= 4 is 28.1 Å². The average molecular weight is 326 g/mol. The van der Waals surface area contributed by atoms with E-state index in [1.165, 1.54) is 0 Å². The molecule has 0 bridgehead atoms. The van der Waals surface area contributed by atoms with Crippen molar-refractivity contribution in [2.75, 3.05) is 12.4 Å². The molecule has 0 aliphatic rings. The van der Waals surface area contributed by atoms with Gasteiger partial charge in [-0.2, -0.15) is 0 Å². The first-order valence-corrected chi connectivity index (χ1v) is 7.59. The van der Waals surface area contributed by atoms with E-state index in [2.05, 4.69) is 14.9 Å². The maximum absolute atomic E-state index is 11.3. The Hall–Kier alpha value is -2.93. The van der Waals surface area contributed by atoms with E-state index in [0.29, 0.717) is 16.4 Å². The van der Waals surface area contributed by atoms with Crippen molar-refractivity contribution in [3.63, 3.8) is 0 Å². The topological polar surface area (TPSA) is 90.1 Å². The number of benzene rings is 2. The van der Waals surface area contributed by atoms with Crippen molar-refractivity contribution in [1.82, 2.24) is 9.59 Å². The maximum Gasteiger partial charge on any atom is 0.272 e. The lowest BCUT2D eigenvalue weighted by Gasteiger charge is -2.12. The van der Waals surface area contributed by atoms with Gasteiger partial charge in [0.25, 0.3) is 5.91 Å². The normalized spacial score (nSPS) is 10.3. The fourth-order valence-electron chi connectivity index (χ4n) is 2.16. The number of hydrogen-bond donors (Lipinski definition) is 2. The molecule has 2 aromatic carbocycles. The van der Waals surface area contributed by atoms with Crippen LogP contribution in [0.1, 0.15) is 10.5 Å². The van der Waals surface area contributed by atoms with E-state index < -0.39 is 5.91 Å². The minimum atomic E-state index is -0.624. The lowest BCUT2D eigenvalue weighted by Crippen LogP contribution is -2.13. The third kappa shape index (κ3) is 3.14. The van der Waals surface area contributed by atoms with Crippen LogP contribution in [-0.4, -0.2) is 22.6 Å². The second kappa shape index (κ2) is 6.45. The molecule has 3 aromatic rings. The quantitative estimate of drug-likeness (QED) is 0.752. The highest BCUT2D eigenvalue weighted by atomic mass is 32.1. The van der Waals surface area contributed by atoms with Gasteiger partial charge in [-0.15, -0.1) is 5.10 Å². The van der Waals surface area contributed by atoms with Crippen LogP contribution in [0.25, 0.3) is 11.1 Å². The Labute approximate surface area is 137 Å². The van der Waals surface area contributed by atoms with Gasteiger partial charge in [-0.05, 0) is 23.3 Å². The summed E-state index contributed by atoms with van der Waals surface area (Å²) in [6, 6.07) is 15.8. The van der Waals surface area contributed by atoms with Gasteiger partial charge in [0.2, 0.25) is 0 Å². The molecule has 0 aliphatic heterocycles. The molecular weight excluding hydrogens is 312 g/mol. The summed E-state index contributed by atoms with van der Waals surface area (Å²) in [4.78, 5) is 11.3. The van der Waals surface area contributed by atoms with Gasteiger partial charge in [-0.25, -0.2) is 0 Å². The van der Waals surface area contributed by atoms with Gasteiger partial charge in [0.05, 0.1) is 12.8 Å². The fraction of sp³-hybridized carbons (Fsp3) is 0.0625. The number of methoxy groups -OCH3 is 1. The lowest BCUT2D eigenvalue weighted by atomic mass is 10.0. The molecule has 6 nitrogen and oxygen atoms in total. The molecule has 7 heteroatoms. The van der Waals surface area contributed by atoms with E-state index in [0.717, 1.165) is 22.7 Å². The Morgan fingerprint density at radius 1 is 1.17 bits per heavy atom. The molecule has 0 unspecified atom stereocenters. The minimum absolute atomic E-state index is 0.115. The number of nitrogens with zero attached hydrogens (tertiary/aromatic N) is 2. The molecule has 3 N–H and O–H groups in total. The first-order chi connectivity index (χ1) is 11.2. The van der Waals surface area contributed by atoms with Crippen LogP contribution in [0.3, 0.4) is 0 Å². The largest absolute Gasteiger partial charge is 0.495 e. The summed E-state index contributed by atoms with van der Waals surface area (Å²) < 4.78 is 9.19. The zero-order valence-corrected chi connectivity index (χ0v) is 13.1. The Balaban J connectivity index is 1.94. The number of amides is 1. The van der Waals surface area contributed by atoms with Gasteiger partial charge in [0.15, 0.2) is 5.69 Å². The Kier molecular flexibility index (Phi) is 4.20. The fourth-order valence-corrected chi connectivity index (χ4v) is 2.75. The molecule has 0 spiro atoms. The van der Waals surface area contributed by atoms with E-state index in [4.69, 9.17) is 10.5 Å². The van der Waals surface area contributed by atoms with Crippen molar-refractivity contribution < 1.29 is 9.53 Å². The highest BCUT2D eigenvalue weighted by Gasteiger charge is 2.15. The monoisotopic (exact) mass is 326 g/mol. The van der Waals surface area contributed by atoms with Crippen LogP contribution in [0.15, 0.2) is 48.5 Å². The number of aromatic nitrogens is 2. The van der Waals surface area contributed by atoms with Crippen LogP contribution in [0.5, 0.6) is 5.75 Å². The number of primary amides is 1. The van der Waals surface area contributed by atoms with E-state index >= 15 is 0 Å². The molecule has 3 rings (SSSR count). The molecule has 23 heavy (non-hydrogen) atoms. The summed E-state index contributed by atoms with van der Waals surface area (Å²) in [5.41, 5.74) is 8.23. The van der Waals surface area contributed by atoms with Gasteiger partial charge in [0.1, 0.15) is 10.8 Å². The number of rotatable bonds is 5. The predicted octanol–water partition coefficient (Wildman–Crippen LogP) is 3.06. The SMILES string of the molecule is COc1cc(-c2ccccc2)ccc1Nc1snnc1C(N)=O. The zero-order valence-electron chi connectivity index (χ0n) is 12.3. The number of hydrogen-bond acceptors (Lipinski definition) is 6. The zero-order chi connectivity index (χ0) is 16.2. The highest BCUT2D eigenvalue weighted by molar-refractivity contribution is 7.10. The lowest BCUT2D eigenvalue weighted by molar-refractivity contribution is 0.0996. The highest BCUT2D eigenvalue weighted by Crippen LogP contribution is 2.34. The van der Waals surface area contributed by atoms with Crippen LogP contribution in [0.4, 0.5) is 10.7 Å². The minimum Gasteiger partial charge on any atom is -0.495 e. The Bertz CT molecular complexity index is 833. The molecule has 0 atom stereocenters. The third-order valence-electron chi connectivity index (χ3n) is 3.28. The molecule has 0 aliphatic carbocycles. The molecule has 116 valence electrons. The van der Waals surface area contributed by atoms with Crippen LogP contribution in [-0.2, 0) is 0 Å². The van der Waals surface area contributed by atoms with Gasteiger partial charge in [0, 0.05) is 11.5 Å². The predicted molar refractivity (Wildman–Crippen MR) is 90.1 cm³/mol. The van der Waals surface area contributed by atoms with E-state index in [9.17, 15) is 4.79 Å². The number of ether oxygens (including phenoxy) is 1. The second-order valence-electron chi connectivity index (χ2n) is 4.72. The second-order valence-corrected chi connectivity index (χ2v) is 5.48. The molecule has 0 fully saturated rings. The van der Waals surface area contributed by atoms with E-state index in [-0.39, 0.29) is 5.69 Å². The summed E-state index contributed by atoms with van der Waals surface area (Å²) in [5.74, 6) is 0.0243. The summed E-state index contributed by atoms with van der Waals surface area (Å²) in [6.07, 6.45) is 0. The van der Waals surface area contributed by atoms with Gasteiger partial charge >= 0.3 is 0 Å². The number of nitrogens with two attached hydrogens (primary N) is 1. The summed E-state index contributed by atoms with van der Waals surface area (Å²) in [6.45, 7) is 0. The molecule has 0 saturated heterocycles. The van der Waals surface area contributed by atoms with E-state index in [1.807, 2.05) is 48.5 Å². The first-order valence-electron chi connectivity index (χ1n) is 6.81. The molecule has 0 radical (unpaired) electrons. The van der Waals surface area contributed by atoms with Crippen molar-refractivity contribution in [3.05, 3.63) is 54.2 Å². The Morgan fingerprint density at radius 2 is 1.96 bits per heavy atom. The van der Waals surface area contributed by atoms with Gasteiger partial charge < -0.3 is 15.8 Å². The summed E-state index contributed by atoms with van der Waals surface area (Å²) >= 11 is 1.06. The molecule has 1 aromatic heterocycles. The number of carbonyl (C=O) groups excluding carboxylic acids is 1. The average Bonchev–Trinajstić information content (AvgIpc) is 3.04. The molecule has 0 saturated carbocycles. The Morgan fingerprint density at radius 3 is 2.65 bits per heavy atom. The van der Waals surface area contributed by atoms with Crippen LogP contribution >= 0.6 is 11.5 Å². The number of anilines is 2. The van der Waals surface area contributed by atoms with Crippen LogP contribution in [0, 0.1) is 0 Å². The van der Waals surface area contributed by atoms with Gasteiger partial charge in [-0.1, -0.05) is 40.9 Å². The molecule has 1 heterocycles. The maximum atomic E-state index is 11.3. The molecule has 1 amide bonds. The summed E-state index contributed by atoms with van der Waals surface area (Å²) in [5, 5.41) is 7.31. The third-order valence-corrected chi connectivity index (χ3v) is 3.92.